The van der Waals surface area contributed by atoms with Crippen LogP contribution in [0.5, 0.6) is 0 Å². The van der Waals surface area contributed by atoms with E-state index in [1.54, 1.807) is 6.08 Å². The molecule has 0 unspecified atom stereocenters. The van der Waals surface area contributed by atoms with Gasteiger partial charge in [0, 0.05) is 30.9 Å². The van der Waals surface area contributed by atoms with Gasteiger partial charge in [-0.1, -0.05) is 13.3 Å². The standard InChI is InChI=1S/C12H15NO3/c1-2-3-4-11-8-9-7-10(13(14)15)5-6-12(9)16-11/h7-8H,2-6H2,1H3. The van der Waals surface area contributed by atoms with Crippen LogP contribution in [0.1, 0.15) is 43.3 Å². The fraction of sp³-hybridized carbons (Fsp3) is 0.500. The zero-order valence-electron chi connectivity index (χ0n) is 9.36. The lowest BCUT2D eigenvalue weighted by atomic mass is 10.0. The molecule has 1 aromatic rings. The van der Waals surface area contributed by atoms with Crippen LogP contribution >= 0.6 is 0 Å². The van der Waals surface area contributed by atoms with Crippen molar-refractivity contribution in [2.75, 3.05) is 0 Å². The Hall–Kier alpha value is -1.58. The molecular weight excluding hydrogens is 206 g/mol. The van der Waals surface area contributed by atoms with Gasteiger partial charge in [0.1, 0.15) is 11.5 Å². The number of aryl methyl sites for hydroxylation is 2. The van der Waals surface area contributed by atoms with E-state index in [9.17, 15) is 10.1 Å². The van der Waals surface area contributed by atoms with Crippen LogP contribution in [-0.2, 0) is 12.8 Å². The largest absolute Gasteiger partial charge is 0.465 e. The lowest BCUT2D eigenvalue weighted by molar-refractivity contribution is -0.426. The van der Waals surface area contributed by atoms with Crippen molar-refractivity contribution in [2.45, 2.75) is 39.0 Å². The summed E-state index contributed by atoms with van der Waals surface area (Å²) in [6.07, 6.45) is 5.90. The van der Waals surface area contributed by atoms with Crippen molar-refractivity contribution in [1.82, 2.24) is 0 Å². The number of fused-ring (bicyclic) bond motifs is 1. The summed E-state index contributed by atoms with van der Waals surface area (Å²) in [5, 5.41) is 10.6. The zero-order chi connectivity index (χ0) is 11.5. The maximum Gasteiger partial charge on any atom is 0.247 e. The summed E-state index contributed by atoms with van der Waals surface area (Å²) in [7, 11) is 0. The predicted octanol–water partition coefficient (Wildman–Crippen LogP) is 3.19. The van der Waals surface area contributed by atoms with Crippen LogP contribution in [0, 0.1) is 10.1 Å². The number of unbranched alkanes of at least 4 members (excludes halogenated alkanes) is 1. The minimum Gasteiger partial charge on any atom is -0.465 e. The van der Waals surface area contributed by atoms with Crippen molar-refractivity contribution >= 4 is 6.08 Å². The summed E-state index contributed by atoms with van der Waals surface area (Å²) in [4.78, 5) is 10.3. The molecule has 2 rings (SSSR count). The van der Waals surface area contributed by atoms with Crippen molar-refractivity contribution in [2.24, 2.45) is 0 Å². The van der Waals surface area contributed by atoms with E-state index in [0.717, 1.165) is 36.3 Å². The molecule has 1 aromatic heterocycles. The quantitative estimate of drug-likeness (QED) is 0.579. The Balaban J connectivity index is 2.19. The number of nitrogens with zero attached hydrogens (tertiary/aromatic N) is 1. The number of hydrogen-bond acceptors (Lipinski definition) is 3. The topological polar surface area (TPSA) is 56.3 Å². The smallest absolute Gasteiger partial charge is 0.247 e. The average molecular weight is 221 g/mol. The Morgan fingerprint density at radius 1 is 1.50 bits per heavy atom. The summed E-state index contributed by atoms with van der Waals surface area (Å²) in [6, 6.07) is 1.94. The third-order valence-corrected chi connectivity index (χ3v) is 2.83. The minimum atomic E-state index is -0.304. The molecule has 86 valence electrons. The highest BCUT2D eigenvalue weighted by atomic mass is 16.6. The molecule has 0 N–H and O–H groups in total. The van der Waals surface area contributed by atoms with E-state index in [0.29, 0.717) is 12.8 Å². The van der Waals surface area contributed by atoms with Crippen LogP contribution < -0.4 is 0 Å². The van der Waals surface area contributed by atoms with Crippen LogP contribution in [0.15, 0.2) is 16.2 Å². The summed E-state index contributed by atoms with van der Waals surface area (Å²) in [5.41, 5.74) is 1.18. The molecule has 0 atom stereocenters. The Morgan fingerprint density at radius 2 is 2.31 bits per heavy atom. The number of furan rings is 1. The highest BCUT2D eigenvalue weighted by Gasteiger charge is 2.21. The Labute approximate surface area is 94.1 Å². The van der Waals surface area contributed by atoms with Gasteiger partial charge in [-0.3, -0.25) is 10.1 Å². The molecule has 0 amide bonds. The van der Waals surface area contributed by atoms with Crippen LogP contribution in [-0.4, -0.2) is 4.92 Å². The second-order valence-corrected chi connectivity index (χ2v) is 4.09. The Bertz CT molecular complexity index is 431. The third-order valence-electron chi connectivity index (χ3n) is 2.83. The van der Waals surface area contributed by atoms with Crippen LogP contribution in [0.3, 0.4) is 0 Å². The van der Waals surface area contributed by atoms with Gasteiger partial charge < -0.3 is 4.42 Å². The second-order valence-electron chi connectivity index (χ2n) is 4.09. The molecule has 0 saturated heterocycles. The zero-order valence-corrected chi connectivity index (χ0v) is 9.36. The number of allylic oxidation sites excluding steroid dienone is 1. The molecule has 16 heavy (non-hydrogen) atoms. The van der Waals surface area contributed by atoms with Gasteiger partial charge in [0.2, 0.25) is 5.70 Å². The first kappa shape index (κ1) is 10.9. The van der Waals surface area contributed by atoms with E-state index in [2.05, 4.69) is 6.92 Å². The Kier molecular flexibility index (Phi) is 3.08. The lowest BCUT2D eigenvalue weighted by Crippen LogP contribution is -2.04. The molecule has 0 aromatic carbocycles. The van der Waals surface area contributed by atoms with E-state index >= 15 is 0 Å². The van der Waals surface area contributed by atoms with Gasteiger partial charge in [0.05, 0.1) is 4.92 Å². The third kappa shape index (κ3) is 2.15. The molecule has 0 radical (unpaired) electrons. The molecule has 1 aliphatic rings. The molecule has 4 heteroatoms. The SMILES string of the molecule is CCCCc1cc2c(o1)CCC([N+](=O)[O-])=C2. The predicted molar refractivity (Wildman–Crippen MR) is 60.6 cm³/mol. The van der Waals surface area contributed by atoms with E-state index in [-0.39, 0.29) is 10.6 Å². The van der Waals surface area contributed by atoms with Gasteiger partial charge in [0.15, 0.2) is 0 Å². The summed E-state index contributed by atoms with van der Waals surface area (Å²) < 4.78 is 5.67. The first-order valence-electron chi connectivity index (χ1n) is 5.67. The molecule has 0 bridgehead atoms. The van der Waals surface area contributed by atoms with Crippen LogP contribution in [0.4, 0.5) is 0 Å². The van der Waals surface area contributed by atoms with Gasteiger partial charge in [-0.05, 0) is 12.5 Å². The first-order chi connectivity index (χ1) is 7.70. The molecule has 0 aliphatic heterocycles. The maximum absolute atomic E-state index is 10.6. The number of rotatable bonds is 4. The van der Waals surface area contributed by atoms with Crippen molar-refractivity contribution in [1.29, 1.82) is 0 Å². The fourth-order valence-corrected chi connectivity index (χ4v) is 1.93. The van der Waals surface area contributed by atoms with Gasteiger partial charge >= 0.3 is 0 Å². The normalized spacial score (nSPS) is 14.4. The highest BCUT2D eigenvalue weighted by molar-refractivity contribution is 5.56. The number of hydrogen-bond donors (Lipinski definition) is 0. The monoisotopic (exact) mass is 221 g/mol. The van der Waals surface area contributed by atoms with Crippen molar-refractivity contribution in [3.8, 4) is 0 Å². The molecule has 0 saturated carbocycles. The fourth-order valence-electron chi connectivity index (χ4n) is 1.93. The van der Waals surface area contributed by atoms with E-state index in [4.69, 9.17) is 4.42 Å². The number of nitro groups is 1. The molecular formula is C12H15NO3. The van der Waals surface area contributed by atoms with Crippen LogP contribution in [0.2, 0.25) is 0 Å². The van der Waals surface area contributed by atoms with Gasteiger partial charge in [-0.2, -0.15) is 0 Å². The molecule has 4 nitrogen and oxygen atoms in total. The highest BCUT2D eigenvalue weighted by Crippen LogP contribution is 2.27. The molecule has 0 spiro atoms. The minimum absolute atomic E-state index is 0.287. The second kappa shape index (κ2) is 4.51. The van der Waals surface area contributed by atoms with E-state index in [1.165, 1.54) is 0 Å². The van der Waals surface area contributed by atoms with Gasteiger partial charge in [0.25, 0.3) is 0 Å². The maximum atomic E-state index is 10.6. The van der Waals surface area contributed by atoms with Gasteiger partial charge in [-0.15, -0.1) is 0 Å². The molecule has 0 fully saturated rings. The lowest BCUT2D eigenvalue weighted by Gasteiger charge is -2.04. The first-order valence-corrected chi connectivity index (χ1v) is 5.67. The van der Waals surface area contributed by atoms with E-state index in [1.807, 2.05) is 6.07 Å². The average Bonchev–Trinajstić information content (AvgIpc) is 2.67. The Morgan fingerprint density at radius 3 is 3.00 bits per heavy atom. The van der Waals surface area contributed by atoms with Gasteiger partial charge in [-0.25, -0.2) is 0 Å². The summed E-state index contributed by atoms with van der Waals surface area (Å²) in [6.45, 7) is 2.13. The van der Waals surface area contributed by atoms with E-state index < -0.39 is 0 Å². The van der Waals surface area contributed by atoms with Crippen molar-refractivity contribution in [3.05, 3.63) is 39.0 Å². The molecule has 1 heterocycles. The van der Waals surface area contributed by atoms with Crippen molar-refractivity contribution in [3.63, 3.8) is 0 Å². The summed E-state index contributed by atoms with van der Waals surface area (Å²) >= 11 is 0. The van der Waals surface area contributed by atoms with Crippen molar-refractivity contribution < 1.29 is 9.34 Å². The van der Waals surface area contributed by atoms with Crippen LogP contribution in [0.25, 0.3) is 6.08 Å². The summed E-state index contributed by atoms with van der Waals surface area (Å²) in [5.74, 6) is 1.85. The molecule has 1 aliphatic carbocycles.